The van der Waals surface area contributed by atoms with Crippen molar-refractivity contribution < 1.29 is 119 Å². The zero-order chi connectivity index (χ0) is 68.4. The first kappa shape index (κ1) is 68.1. The lowest BCUT2D eigenvalue weighted by Crippen LogP contribution is -2.72. The van der Waals surface area contributed by atoms with Crippen molar-refractivity contribution in [2.75, 3.05) is 26.9 Å². The Morgan fingerprint density at radius 1 is 0.531 bits per heavy atom. The number of Topliss-reactive ketones (excluding diaryl/α,β-unsaturated/α-hetero) is 1. The van der Waals surface area contributed by atoms with E-state index in [1.807, 2.05) is 0 Å². The third kappa shape index (κ3) is 14.4. The molecule has 0 bridgehead atoms. The number of aliphatic hydroxyl groups is 1. The van der Waals surface area contributed by atoms with Crippen molar-refractivity contribution >= 4 is 59.3 Å². The van der Waals surface area contributed by atoms with Crippen LogP contribution in [0.15, 0.2) is 121 Å². The number of methoxy groups -OCH3 is 1. The van der Waals surface area contributed by atoms with Gasteiger partial charge in [-0.1, -0.05) is 59.7 Å². The van der Waals surface area contributed by atoms with Gasteiger partial charge in [0.25, 0.3) is 23.6 Å². The minimum Gasteiger partial charge on any atom is -0.497 e. The van der Waals surface area contributed by atoms with Crippen LogP contribution in [0.4, 0.5) is 0 Å². The third-order valence-electron chi connectivity index (χ3n) is 16.9. The van der Waals surface area contributed by atoms with Crippen LogP contribution >= 0.6 is 0 Å². The number of imide groups is 2. The number of hydrogen-bond acceptors (Lipinski definition) is 25. The molecule has 27 nitrogen and oxygen atoms in total. The second kappa shape index (κ2) is 28.6. The maximum Gasteiger partial charge on any atom is 0.338 e. The largest absolute Gasteiger partial charge is 0.497 e. The fourth-order valence-corrected chi connectivity index (χ4v) is 12.2. The second-order valence-corrected chi connectivity index (χ2v) is 24.2. The molecule has 15 atom stereocenters. The Kier molecular flexibility index (Phi) is 20.3. The third-order valence-corrected chi connectivity index (χ3v) is 16.9. The van der Waals surface area contributed by atoms with E-state index < -0.39 is 171 Å². The van der Waals surface area contributed by atoms with Crippen molar-refractivity contribution in [3.05, 3.63) is 166 Å². The van der Waals surface area contributed by atoms with E-state index in [9.17, 15) is 33.9 Å². The first-order chi connectivity index (χ1) is 45.9. The summed E-state index contributed by atoms with van der Waals surface area (Å²) in [5, 5.41) is 12.7. The quantitative estimate of drug-likeness (QED) is 0.0550. The van der Waals surface area contributed by atoms with Crippen LogP contribution in [0, 0.1) is 13.8 Å². The first-order valence-electron chi connectivity index (χ1n) is 30.9. The lowest BCUT2D eigenvalue weighted by atomic mass is 9.92. The lowest BCUT2D eigenvalue weighted by molar-refractivity contribution is -0.392. The summed E-state index contributed by atoms with van der Waals surface area (Å²) in [7, 11) is 1.43. The van der Waals surface area contributed by atoms with Gasteiger partial charge in [0.1, 0.15) is 85.3 Å². The number of nitrogens with zero attached hydrogens (tertiary/aromatic N) is 2. The van der Waals surface area contributed by atoms with E-state index in [0.29, 0.717) is 5.75 Å². The number of amides is 4. The monoisotopic (exact) mass is 1330 g/mol. The molecule has 6 heterocycles. The molecule has 0 aliphatic carbocycles. The maximum atomic E-state index is 15.2. The fourth-order valence-electron chi connectivity index (χ4n) is 12.2. The summed E-state index contributed by atoms with van der Waals surface area (Å²) in [6, 6.07) is 26.0. The molecule has 0 saturated carbocycles. The average molecular weight is 1330 g/mol. The van der Waals surface area contributed by atoms with Crippen molar-refractivity contribution in [3.8, 4) is 11.5 Å². The van der Waals surface area contributed by atoms with Crippen molar-refractivity contribution in [1.29, 1.82) is 0 Å². The summed E-state index contributed by atoms with van der Waals surface area (Å²) in [4.78, 5) is 144. The van der Waals surface area contributed by atoms with E-state index >= 15 is 19.2 Å². The topological polar surface area (TPSA) is 327 Å². The van der Waals surface area contributed by atoms with Gasteiger partial charge >= 0.3 is 29.8 Å². The molecule has 1 N–H and O–H groups in total. The molecule has 11 rings (SSSR count). The zero-order valence-electron chi connectivity index (χ0n) is 53.4. The molecular weight excluding hydrogens is 1260 g/mol. The van der Waals surface area contributed by atoms with Crippen molar-refractivity contribution in [2.24, 2.45) is 0 Å². The number of esters is 5. The Morgan fingerprint density at radius 2 is 1.02 bits per heavy atom. The molecule has 96 heavy (non-hydrogen) atoms. The molecule has 506 valence electrons. The Morgan fingerprint density at radius 3 is 1.54 bits per heavy atom. The number of rotatable bonds is 21. The van der Waals surface area contributed by atoms with Gasteiger partial charge in [0.15, 0.2) is 36.7 Å². The summed E-state index contributed by atoms with van der Waals surface area (Å²) in [6.07, 6.45) is -25.2. The summed E-state index contributed by atoms with van der Waals surface area (Å²) >= 11 is 0. The fraction of sp³-hybridized carbons (Fsp3) is 0.420. The lowest BCUT2D eigenvalue weighted by Gasteiger charge is -2.53. The number of ketones is 1. The SMILES string of the molecule is COc1ccc(O[C@@H]2O[C@H](COC(C)=O)[C@@H](OC(C)=O)[C@H](O[C@@H]3O[C@H](COC(=O)CCC(C)=O)[C@@H](O[C@@H]4O[C@@H]5COC(C)(C)O[C@H]5[C@H](O)[C@H]4N4C(=O)c5ccccc5C4=O)[C@H](OC(=O)c4ccc(C)cc4)[C@H]3OC(=O)c3ccc(C)cc3)[C@H]2N2C(=O)c3ccccc3C2=O)cc1. The Labute approximate surface area is 549 Å². The number of ether oxygens (including phenoxy) is 14. The Bertz CT molecular complexity index is 3730. The number of fused-ring (bicyclic) bond motifs is 3. The molecule has 6 aliphatic heterocycles. The summed E-state index contributed by atoms with van der Waals surface area (Å²) < 4.78 is 89.1. The number of hydrogen-bond donors (Lipinski definition) is 1. The highest BCUT2D eigenvalue weighted by Crippen LogP contribution is 2.43. The maximum absolute atomic E-state index is 15.2. The first-order valence-corrected chi connectivity index (χ1v) is 30.9. The summed E-state index contributed by atoms with van der Waals surface area (Å²) in [6.45, 7) is 8.12. The number of aliphatic hydroxyl groups excluding tert-OH is 1. The molecule has 4 saturated heterocycles. The van der Waals surface area contributed by atoms with Crippen LogP contribution in [-0.4, -0.2) is 199 Å². The molecule has 0 spiro atoms. The van der Waals surface area contributed by atoms with Crippen LogP contribution in [0.3, 0.4) is 0 Å². The van der Waals surface area contributed by atoms with Gasteiger partial charge in [0.2, 0.25) is 6.29 Å². The van der Waals surface area contributed by atoms with Crippen LogP contribution in [0.1, 0.15) is 121 Å². The molecule has 5 aromatic rings. The van der Waals surface area contributed by atoms with E-state index in [2.05, 4.69) is 0 Å². The number of carbonyl (C=O) groups is 10. The number of benzene rings is 5. The molecule has 0 aromatic heterocycles. The second-order valence-electron chi connectivity index (χ2n) is 24.2. The van der Waals surface area contributed by atoms with Crippen LogP contribution < -0.4 is 9.47 Å². The average Bonchev–Trinajstić information content (AvgIpc) is 1.39. The van der Waals surface area contributed by atoms with E-state index in [1.165, 1.54) is 111 Å². The molecule has 6 aliphatic rings. The molecule has 0 radical (unpaired) electrons. The van der Waals surface area contributed by atoms with Gasteiger partial charge in [0.05, 0.1) is 53.5 Å². The Balaban J connectivity index is 1.11. The van der Waals surface area contributed by atoms with Gasteiger partial charge in [-0.2, -0.15) is 0 Å². The molecular formula is C69H70N2O25. The van der Waals surface area contributed by atoms with E-state index in [4.69, 9.17) is 66.3 Å². The van der Waals surface area contributed by atoms with Crippen molar-refractivity contribution in [3.63, 3.8) is 0 Å². The predicted octanol–water partition coefficient (Wildman–Crippen LogP) is 5.34. The summed E-state index contributed by atoms with van der Waals surface area (Å²) in [5.41, 5.74) is 1.01. The molecule has 27 heteroatoms. The van der Waals surface area contributed by atoms with Gasteiger partial charge in [-0.3, -0.25) is 43.4 Å². The van der Waals surface area contributed by atoms with Crippen molar-refractivity contribution in [1.82, 2.24) is 9.80 Å². The van der Waals surface area contributed by atoms with Gasteiger partial charge in [-0.05, 0) is 107 Å². The molecule has 0 unspecified atom stereocenters. The molecule has 4 fully saturated rings. The van der Waals surface area contributed by atoms with Crippen LogP contribution in [-0.2, 0) is 76.0 Å². The number of aryl methyl sites for hydroxylation is 2. The molecule has 5 aromatic carbocycles. The van der Waals surface area contributed by atoms with E-state index in [-0.39, 0.29) is 57.9 Å². The Hall–Kier alpha value is -9.32. The standard InChI is InChI=1S/C69H70N2O25/c1-34-17-22-39(23-18-34)64(81)92-58-56(94-66-51(53(76)54-49(90-66)33-86-69(6,7)96-54)70-60(77)43-13-9-10-14-44(43)61(70)78)48(32-85-50(75)30-21-36(3)72)91-68(59(58)93-65(82)40-24-19-35(2)20-25-40)95-57-52(71-62(79)45-15-11-12-16-46(45)63(71)80)67(88-42-28-26-41(83-8)27-29-42)89-47(31-84-37(4)73)55(57)87-38(5)74/h9-20,22-29,47-49,51-59,66-68,76H,21,30-33H2,1-8H3/t47-,48-,49-,51-,52-,53-,54-,55-,56-,57-,58+,59-,66+,67-,68+/m1/s1. The zero-order valence-corrected chi connectivity index (χ0v) is 53.4. The van der Waals surface area contributed by atoms with E-state index in [0.717, 1.165) is 34.8 Å². The van der Waals surface area contributed by atoms with Crippen LogP contribution in [0.2, 0.25) is 0 Å². The normalized spacial score (nSPS) is 28.1. The highest BCUT2D eigenvalue weighted by molar-refractivity contribution is 6.22. The van der Waals surface area contributed by atoms with E-state index in [1.54, 1.807) is 52.0 Å². The van der Waals surface area contributed by atoms with Gasteiger partial charge in [-0.15, -0.1) is 0 Å². The number of carbonyl (C=O) groups excluding carboxylic acids is 10. The highest BCUT2D eigenvalue weighted by Gasteiger charge is 2.63. The summed E-state index contributed by atoms with van der Waals surface area (Å²) in [5.74, 6) is -9.99. The minimum atomic E-state index is -2.28. The highest BCUT2D eigenvalue weighted by atomic mass is 16.8. The van der Waals surface area contributed by atoms with Gasteiger partial charge < -0.3 is 76.2 Å². The predicted molar refractivity (Wildman–Crippen MR) is 326 cm³/mol. The van der Waals surface area contributed by atoms with Crippen LogP contribution in [0.5, 0.6) is 11.5 Å². The van der Waals surface area contributed by atoms with Crippen molar-refractivity contribution in [2.45, 2.75) is 159 Å². The smallest absolute Gasteiger partial charge is 0.338 e. The van der Waals surface area contributed by atoms with Crippen LogP contribution in [0.25, 0.3) is 0 Å². The molecule has 4 amide bonds. The van der Waals surface area contributed by atoms with Gasteiger partial charge in [-0.25, -0.2) is 9.59 Å². The van der Waals surface area contributed by atoms with Gasteiger partial charge in [0, 0.05) is 20.3 Å². The minimum absolute atomic E-state index is 0.0421.